The summed E-state index contributed by atoms with van der Waals surface area (Å²) in [6, 6.07) is 6.05. The highest BCUT2D eigenvalue weighted by molar-refractivity contribution is 6.32. The molecule has 144 valence electrons. The van der Waals surface area contributed by atoms with Gasteiger partial charge in [-0.15, -0.1) is 0 Å². The van der Waals surface area contributed by atoms with Gasteiger partial charge in [0.25, 0.3) is 0 Å². The fraction of sp³-hybridized carbons (Fsp3) is 0.222. The maximum atomic E-state index is 13.7. The number of anilines is 2. The number of rotatable bonds is 6. The van der Waals surface area contributed by atoms with E-state index in [-0.39, 0.29) is 22.2 Å². The van der Waals surface area contributed by atoms with Gasteiger partial charge in [0.15, 0.2) is 0 Å². The van der Waals surface area contributed by atoms with Gasteiger partial charge in [-0.05, 0) is 12.1 Å². The predicted molar refractivity (Wildman–Crippen MR) is 97.6 cm³/mol. The average molecular weight is 399 g/mol. The van der Waals surface area contributed by atoms with E-state index in [4.69, 9.17) is 21.1 Å². The van der Waals surface area contributed by atoms with Crippen molar-refractivity contribution in [1.29, 1.82) is 0 Å². The van der Waals surface area contributed by atoms with Crippen molar-refractivity contribution in [2.45, 2.75) is 6.92 Å². The standard InChI is InChI=1S/C18H17ClF2N2O4/c1-10(24)23(14-8-15(26-2)11(19)7-16(14)27-3)9-17(25)22-18-12(20)5-4-6-13(18)21/h4-8H,9H2,1-3H3,(H,22,25). The molecule has 0 saturated carbocycles. The zero-order valence-corrected chi connectivity index (χ0v) is 15.6. The molecule has 0 aliphatic heterocycles. The van der Waals surface area contributed by atoms with Crippen LogP contribution in [0.15, 0.2) is 30.3 Å². The highest BCUT2D eigenvalue weighted by Gasteiger charge is 2.23. The van der Waals surface area contributed by atoms with Crippen molar-refractivity contribution in [3.05, 3.63) is 47.0 Å². The lowest BCUT2D eigenvalue weighted by atomic mass is 10.2. The predicted octanol–water partition coefficient (Wildman–Crippen LogP) is 3.63. The first-order valence-corrected chi connectivity index (χ1v) is 8.09. The molecule has 0 atom stereocenters. The molecule has 0 unspecified atom stereocenters. The molecular formula is C18H17ClF2N2O4. The van der Waals surface area contributed by atoms with E-state index in [2.05, 4.69) is 5.32 Å². The molecule has 0 spiro atoms. The van der Waals surface area contributed by atoms with Crippen LogP contribution in [0.3, 0.4) is 0 Å². The Labute approximate surface area is 159 Å². The van der Waals surface area contributed by atoms with Gasteiger partial charge in [0.2, 0.25) is 11.8 Å². The lowest BCUT2D eigenvalue weighted by Crippen LogP contribution is -2.37. The van der Waals surface area contributed by atoms with Crippen LogP contribution in [0, 0.1) is 11.6 Å². The first-order valence-electron chi connectivity index (χ1n) is 7.72. The number of methoxy groups -OCH3 is 2. The Kier molecular flexibility index (Phi) is 6.57. The molecule has 0 fully saturated rings. The van der Waals surface area contributed by atoms with Gasteiger partial charge in [0, 0.05) is 19.1 Å². The molecule has 0 bridgehead atoms. The van der Waals surface area contributed by atoms with Gasteiger partial charge in [0.05, 0.1) is 24.9 Å². The molecule has 2 amide bonds. The molecule has 1 N–H and O–H groups in total. The number of hydrogen-bond acceptors (Lipinski definition) is 4. The quantitative estimate of drug-likeness (QED) is 0.807. The molecule has 0 aliphatic carbocycles. The second-order valence-corrected chi connectivity index (χ2v) is 5.82. The molecular weight excluding hydrogens is 382 g/mol. The normalized spacial score (nSPS) is 10.3. The van der Waals surface area contributed by atoms with Gasteiger partial charge in [-0.3, -0.25) is 14.5 Å². The molecule has 6 nitrogen and oxygen atoms in total. The third-order valence-corrected chi connectivity index (χ3v) is 3.95. The molecule has 0 saturated heterocycles. The zero-order valence-electron chi connectivity index (χ0n) is 14.8. The molecule has 0 aliphatic rings. The maximum absolute atomic E-state index is 13.7. The Morgan fingerprint density at radius 3 is 2.22 bits per heavy atom. The van der Waals surface area contributed by atoms with Crippen LogP contribution < -0.4 is 19.7 Å². The number of nitrogens with zero attached hydrogens (tertiary/aromatic N) is 1. The van der Waals surface area contributed by atoms with Crippen molar-refractivity contribution in [3.63, 3.8) is 0 Å². The van der Waals surface area contributed by atoms with Crippen LogP contribution in [0.1, 0.15) is 6.92 Å². The van der Waals surface area contributed by atoms with Crippen LogP contribution in [0.2, 0.25) is 5.02 Å². The van der Waals surface area contributed by atoms with E-state index in [9.17, 15) is 18.4 Å². The molecule has 2 rings (SSSR count). The SMILES string of the molecule is COc1cc(N(CC(=O)Nc2c(F)cccc2F)C(C)=O)c(OC)cc1Cl. The third kappa shape index (κ3) is 4.65. The fourth-order valence-corrected chi connectivity index (χ4v) is 2.59. The minimum absolute atomic E-state index is 0.218. The molecule has 2 aromatic rings. The Balaban J connectivity index is 2.33. The average Bonchev–Trinajstić information content (AvgIpc) is 2.62. The van der Waals surface area contributed by atoms with Crippen LogP contribution in [0.25, 0.3) is 0 Å². The fourth-order valence-electron chi connectivity index (χ4n) is 2.36. The summed E-state index contributed by atoms with van der Waals surface area (Å²) < 4.78 is 37.7. The smallest absolute Gasteiger partial charge is 0.244 e. The van der Waals surface area contributed by atoms with Crippen LogP contribution >= 0.6 is 11.6 Å². The number of carbonyl (C=O) groups excluding carboxylic acids is 2. The highest BCUT2D eigenvalue weighted by atomic mass is 35.5. The minimum atomic E-state index is -0.927. The van der Waals surface area contributed by atoms with Crippen molar-refractivity contribution in [2.75, 3.05) is 31.0 Å². The molecule has 9 heteroatoms. The first-order chi connectivity index (χ1) is 12.8. The van der Waals surface area contributed by atoms with Crippen LogP contribution in [0.5, 0.6) is 11.5 Å². The number of nitrogens with one attached hydrogen (secondary N) is 1. The number of halogens is 3. The maximum Gasteiger partial charge on any atom is 0.244 e. The first kappa shape index (κ1) is 20.4. The number of hydrogen-bond donors (Lipinski definition) is 1. The number of para-hydroxylation sites is 1. The second-order valence-electron chi connectivity index (χ2n) is 5.41. The third-order valence-electron chi connectivity index (χ3n) is 3.65. The second kappa shape index (κ2) is 8.68. The molecule has 2 aromatic carbocycles. The Morgan fingerprint density at radius 2 is 1.70 bits per heavy atom. The van der Waals surface area contributed by atoms with E-state index in [0.29, 0.717) is 0 Å². The highest BCUT2D eigenvalue weighted by Crippen LogP contribution is 2.38. The van der Waals surface area contributed by atoms with E-state index in [0.717, 1.165) is 17.0 Å². The van der Waals surface area contributed by atoms with Gasteiger partial charge >= 0.3 is 0 Å². The van der Waals surface area contributed by atoms with E-state index < -0.39 is 35.7 Å². The summed E-state index contributed by atoms with van der Waals surface area (Å²) in [6.07, 6.45) is 0. The van der Waals surface area contributed by atoms with Crippen LogP contribution in [-0.4, -0.2) is 32.6 Å². The number of amides is 2. The lowest BCUT2D eigenvalue weighted by molar-refractivity contribution is -0.120. The monoisotopic (exact) mass is 398 g/mol. The van der Waals surface area contributed by atoms with E-state index >= 15 is 0 Å². The van der Waals surface area contributed by atoms with Gasteiger partial charge in [-0.1, -0.05) is 17.7 Å². The van der Waals surface area contributed by atoms with E-state index in [1.807, 2.05) is 0 Å². The van der Waals surface area contributed by atoms with Crippen molar-refractivity contribution in [3.8, 4) is 11.5 Å². The lowest BCUT2D eigenvalue weighted by Gasteiger charge is -2.24. The summed E-state index contributed by atoms with van der Waals surface area (Å²) in [5.41, 5.74) is -0.373. The molecule has 27 heavy (non-hydrogen) atoms. The summed E-state index contributed by atoms with van der Waals surface area (Å²) in [6.45, 7) is 0.724. The van der Waals surface area contributed by atoms with Crippen molar-refractivity contribution < 1.29 is 27.8 Å². The van der Waals surface area contributed by atoms with E-state index in [1.165, 1.54) is 39.3 Å². The van der Waals surface area contributed by atoms with Gasteiger partial charge in [-0.2, -0.15) is 0 Å². The van der Waals surface area contributed by atoms with E-state index in [1.54, 1.807) is 0 Å². The number of carbonyl (C=O) groups is 2. The Hall–Kier alpha value is -2.87. The minimum Gasteiger partial charge on any atom is -0.495 e. The molecule has 0 heterocycles. The van der Waals surface area contributed by atoms with Crippen molar-refractivity contribution in [1.82, 2.24) is 0 Å². The number of benzene rings is 2. The Morgan fingerprint density at radius 1 is 1.11 bits per heavy atom. The molecule has 0 aromatic heterocycles. The molecule has 0 radical (unpaired) electrons. The van der Waals surface area contributed by atoms with Crippen LogP contribution in [0.4, 0.5) is 20.2 Å². The van der Waals surface area contributed by atoms with Crippen molar-refractivity contribution in [2.24, 2.45) is 0 Å². The van der Waals surface area contributed by atoms with Gasteiger partial charge < -0.3 is 14.8 Å². The van der Waals surface area contributed by atoms with Crippen molar-refractivity contribution >= 4 is 34.8 Å². The zero-order chi connectivity index (χ0) is 20.1. The summed E-state index contributed by atoms with van der Waals surface area (Å²) in [5.74, 6) is -2.67. The number of ether oxygens (including phenoxy) is 2. The summed E-state index contributed by atoms with van der Waals surface area (Å²) in [7, 11) is 2.76. The largest absolute Gasteiger partial charge is 0.495 e. The van der Waals surface area contributed by atoms with Gasteiger partial charge in [0.1, 0.15) is 35.4 Å². The Bertz CT molecular complexity index is 856. The summed E-state index contributed by atoms with van der Waals surface area (Å²) >= 11 is 6.04. The summed E-state index contributed by atoms with van der Waals surface area (Å²) in [4.78, 5) is 25.5. The van der Waals surface area contributed by atoms with Gasteiger partial charge in [-0.25, -0.2) is 8.78 Å². The summed E-state index contributed by atoms with van der Waals surface area (Å²) in [5, 5.41) is 2.38. The van der Waals surface area contributed by atoms with Crippen LogP contribution in [-0.2, 0) is 9.59 Å². The topological polar surface area (TPSA) is 67.9 Å².